The van der Waals surface area contributed by atoms with Crippen molar-refractivity contribution in [1.82, 2.24) is 15.5 Å². The predicted octanol–water partition coefficient (Wildman–Crippen LogP) is 4.39. The minimum atomic E-state index is -0.595. The van der Waals surface area contributed by atoms with Gasteiger partial charge in [0.05, 0.1) is 10.6 Å². The number of rotatable bonds is 8. The van der Waals surface area contributed by atoms with Crippen molar-refractivity contribution in [2.75, 3.05) is 18.9 Å². The van der Waals surface area contributed by atoms with Gasteiger partial charge in [-0.3, -0.25) is 14.4 Å². The van der Waals surface area contributed by atoms with Crippen LogP contribution in [0.2, 0.25) is 0 Å². The van der Waals surface area contributed by atoms with Gasteiger partial charge in [-0.25, -0.2) is 0 Å². The van der Waals surface area contributed by atoms with E-state index in [2.05, 4.69) is 16.0 Å². The Kier molecular flexibility index (Phi) is 9.18. The van der Waals surface area contributed by atoms with Crippen molar-refractivity contribution in [3.8, 4) is 10.4 Å². The first kappa shape index (κ1) is 26.1. The highest BCUT2D eigenvalue weighted by Gasteiger charge is 2.41. The van der Waals surface area contributed by atoms with Crippen LogP contribution in [0.25, 0.3) is 10.4 Å². The molecule has 2 heterocycles. The van der Waals surface area contributed by atoms with E-state index in [0.29, 0.717) is 13.0 Å². The van der Waals surface area contributed by atoms with Crippen molar-refractivity contribution in [3.63, 3.8) is 0 Å². The summed E-state index contributed by atoms with van der Waals surface area (Å²) in [4.78, 5) is 42.6. The van der Waals surface area contributed by atoms with Gasteiger partial charge in [-0.15, -0.1) is 11.3 Å². The SMILES string of the molecule is CN[C@@H](I)C(=O)N[C@H](C(=O)N1CCC[C@H]1C(=O)Nc1ccsc1-c1ccccc1)C1CCCCC1. The van der Waals surface area contributed by atoms with Gasteiger partial charge in [0.25, 0.3) is 0 Å². The van der Waals surface area contributed by atoms with E-state index in [1.54, 1.807) is 23.3 Å². The summed E-state index contributed by atoms with van der Waals surface area (Å²) in [7, 11) is 1.73. The molecule has 0 spiro atoms. The number of carbonyl (C=O) groups excluding carboxylic acids is 3. The molecule has 1 aromatic carbocycles. The Balaban J connectivity index is 1.50. The molecule has 2 aromatic rings. The van der Waals surface area contributed by atoms with Crippen LogP contribution in [0.3, 0.4) is 0 Å². The fourth-order valence-electron chi connectivity index (χ4n) is 5.12. The van der Waals surface area contributed by atoms with Crippen LogP contribution < -0.4 is 16.0 Å². The lowest BCUT2D eigenvalue weighted by Gasteiger charge is -2.35. The zero-order chi connectivity index (χ0) is 24.8. The lowest BCUT2D eigenvalue weighted by atomic mass is 9.83. The number of halogens is 1. The highest BCUT2D eigenvalue weighted by atomic mass is 127. The zero-order valence-corrected chi connectivity index (χ0v) is 22.9. The summed E-state index contributed by atoms with van der Waals surface area (Å²) in [5.74, 6) is -0.382. The summed E-state index contributed by atoms with van der Waals surface area (Å²) in [5, 5.41) is 11.0. The highest BCUT2D eigenvalue weighted by molar-refractivity contribution is 14.1. The van der Waals surface area contributed by atoms with Crippen LogP contribution in [0.5, 0.6) is 0 Å². The van der Waals surface area contributed by atoms with E-state index in [1.165, 1.54) is 0 Å². The summed E-state index contributed by atoms with van der Waals surface area (Å²) in [6, 6.07) is 10.8. The molecular weight excluding hydrogens is 575 g/mol. The first-order chi connectivity index (χ1) is 17.0. The second-order valence-electron chi connectivity index (χ2n) is 9.24. The second-order valence-corrected chi connectivity index (χ2v) is 11.4. The number of carbonyl (C=O) groups is 3. The molecule has 2 fully saturated rings. The number of benzene rings is 1. The van der Waals surface area contributed by atoms with Gasteiger partial charge >= 0.3 is 0 Å². The van der Waals surface area contributed by atoms with Crippen LogP contribution >= 0.6 is 33.9 Å². The predicted molar refractivity (Wildman–Crippen MR) is 148 cm³/mol. The quantitative estimate of drug-likeness (QED) is 0.236. The molecule has 3 atom stereocenters. The number of hydrogen-bond acceptors (Lipinski definition) is 5. The first-order valence-electron chi connectivity index (χ1n) is 12.4. The van der Waals surface area contributed by atoms with E-state index >= 15 is 0 Å². The highest BCUT2D eigenvalue weighted by Crippen LogP contribution is 2.34. The van der Waals surface area contributed by atoms with Crippen molar-refractivity contribution in [2.45, 2.75) is 61.1 Å². The molecule has 2 aliphatic rings. The van der Waals surface area contributed by atoms with Gasteiger partial charge in [0.1, 0.15) is 16.1 Å². The van der Waals surface area contributed by atoms with Crippen molar-refractivity contribution < 1.29 is 14.4 Å². The molecule has 1 aliphatic heterocycles. The van der Waals surface area contributed by atoms with Crippen LogP contribution in [-0.2, 0) is 14.4 Å². The third kappa shape index (κ3) is 6.24. The monoisotopic (exact) mass is 608 g/mol. The molecule has 7 nitrogen and oxygen atoms in total. The molecule has 1 aromatic heterocycles. The van der Waals surface area contributed by atoms with E-state index in [0.717, 1.165) is 54.7 Å². The molecule has 188 valence electrons. The molecule has 35 heavy (non-hydrogen) atoms. The molecule has 4 rings (SSSR count). The number of alkyl halides is 1. The lowest BCUT2D eigenvalue weighted by molar-refractivity contribution is -0.141. The van der Waals surface area contributed by atoms with Crippen molar-refractivity contribution in [1.29, 1.82) is 0 Å². The minimum Gasteiger partial charge on any atom is -0.342 e. The van der Waals surface area contributed by atoms with E-state index in [4.69, 9.17) is 0 Å². The van der Waals surface area contributed by atoms with Gasteiger partial charge in [0.15, 0.2) is 0 Å². The molecule has 9 heteroatoms. The Bertz CT molecular complexity index is 1020. The topological polar surface area (TPSA) is 90.5 Å². The van der Waals surface area contributed by atoms with E-state index in [-0.39, 0.29) is 23.6 Å². The number of nitrogens with zero attached hydrogens (tertiary/aromatic N) is 1. The molecule has 0 radical (unpaired) electrons. The van der Waals surface area contributed by atoms with Crippen LogP contribution in [-0.4, -0.2) is 52.3 Å². The Morgan fingerprint density at radius 2 is 1.77 bits per heavy atom. The Hall–Kier alpha value is -1.98. The number of amides is 3. The van der Waals surface area contributed by atoms with Crippen LogP contribution in [0, 0.1) is 5.92 Å². The Labute approximate surface area is 224 Å². The van der Waals surface area contributed by atoms with E-state index in [9.17, 15) is 14.4 Å². The molecule has 0 bridgehead atoms. The molecule has 1 saturated carbocycles. The molecule has 1 aliphatic carbocycles. The zero-order valence-electron chi connectivity index (χ0n) is 20.0. The van der Waals surface area contributed by atoms with Crippen molar-refractivity contribution in [2.24, 2.45) is 5.92 Å². The fraction of sp³-hybridized carbons (Fsp3) is 0.500. The van der Waals surface area contributed by atoms with Gasteiger partial charge in [0.2, 0.25) is 17.7 Å². The normalized spacial score (nSPS) is 20.3. The molecule has 0 unspecified atom stereocenters. The first-order valence-corrected chi connectivity index (χ1v) is 14.5. The number of nitrogens with one attached hydrogen (secondary N) is 3. The van der Waals surface area contributed by atoms with Gasteiger partial charge in [-0.05, 0) is 55.7 Å². The third-order valence-corrected chi connectivity index (χ3v) is 9.12. The van der Waals surface area contributed by atoms with Crippen LogP contribution in [0.4, 0.5) is 5.69 Å². The lowest BCUT2D eigenvalue weighted by Crippen LogP contribution is -2.57. The molecule has 1 saturated heterocycles. The van der Waals surface area contributed by atoms with Gasteiger partial charge < -0.3 is 20.9 Å². The minimum absolute atomic E-state index is 0.103. The summed E-state index contributed by atoms with van der Waals surface area (Å²) >= 11 is 3.61. The Morgan fingerprint density at radius 3 is 2.49 bits per heavy atom. The summed E-state index contributed by atoms with van der Waals surface area (Å²) in [6.45, 7) is 0.533. The number of anilines is 1. The average Bonchev–Trinajstić information content (AvgIpc) is 3.57. The number of hydrogen-bond donors (Lipinski definition) is 3. The second kappa shape index (κ2) is 12.3. The largest absolute Gasteiger partial charge is 0.342 e. The summed E-state index contributed by atoms with van der Waals surface area (Å²) in [6.07, 6.45) is 6.53. The molecular formula is C26H33IN4O3S. The summed E-state index contributed by atoms with van der Waals surface area (Å²) in [5.41, 5.74) is 1.82. The van der Waals surface area contributed by atoms with E-state index < -0.39 is 16.1 Å². The van der Waals surface area contributed by atoms with Crippen LogP contribution in [0.15, 0.2) is 41.8 Å². The standard InChI is InChI=1S/C26H33IN4O3S/c1-28-23(27)25(33)30-21(17-9-4-2-5-10-17)26(34)31-15-8-13-20(31)24(32)29-19-14-16-35-22(19)18-11-6-3-7-12-18/h3,6-7,11-12,14,16-17,20-21,23,28H,2,4-5,8-10,13,15H2,1H3,(H,29,32)(H,30,33)/t20-,21-,23+/m0/s1. The molecule has 3 N–H and O–H groups in total. The number of thiophene rings is 1. The third-order valence-electron chi connectivity index (χ3n) is 6.97. The van der Waals surface area contributed by atoms with E-state index in [1.807, 2.05) is 64.4 Å². The Morgan fingerprint density at radius 1 is 1.03 bits per heavy atom. The molecule has 3 amide bonds. The summed E-state index contributed by atoms with van der Waals surface area (Å²) < 4.78 is -0.417. The van der Waals surface area contributed by atoms with Gasteiger partial charge in [-0.2, -0.15) is 0 Å². The fourth-order valence-corrected chi connectivity index (χ4v) is 6.16. The maximum atomic E-state index is 13.8. The van der Waals surface area contributed by atoms with Crippen molar-refractivity contribution >= 4 is 57.3 Å². The maximum Gasteiger partial charge on any atom is 0.247 e. The number of likely N-dealkylation sites (N-methyl/N-ethyl adjacent to an activating group) is 1. The number of likely N-dealkylation sites (tertiary alicyclic amines) is 1. The van der Waals surface area contributed by atoms with Gasteiger partial charge in [0, 0.05) is 6.54 Å². The van der Waals surface area contributed by atoms with Crippen LogP contribution in [0.1, 0.15) is 44.9 Å². The average molecular weight is 609 g/mol. The van der Waals surface area contributed by atoms with Gasteiger partial charge in [-0.1, -0.05) is 72.2 Å². The smallest absolute Gasteiger partial charge is 0.247 e. The maximum absolute atomic E-state index is 13.8. The van der Waals surface area contributed by atoms with Crippen molar-refractivity contribution in [3.05, 3.63) is 41.8 Å².